The molecule has 1 saturated heterocycles. The molecule has 10 nitrogen and oxygen atoms in total. The zero-order chi connectivity index (χ0) is 28.4. The average Bonchev–Trinajstić information content (AvgIpc) is 3.37. The van der Waals surface area contributed by atoms with Crippen molar-refractivity contribution < 1.29 is 38.6 Å². The highest BCUT2D eigenvalue weighted by Crippen LogP contribution is 2.35. The smallest absolute Gasteiger partial charge is 0.335 e. The van der Waals surface area contributed by atoms with Gasteiger partial charge in [-0.15, -0.1) is 0 Å². The van der Waals surface area contributed by atoms with E-state index in [9.17, 15) is 24.0 Å². The average molecular weight is 559 g/mol. The number of aromatic carboxylic acids is 1. The maximum absolute atomic E-state index is 13.0. The Morgan fingerprint density at radius 2 is 1.50 bits per heavy atom. The Morgan fingerprint density at radius 3 is 2.12 bits per heavy atom. The molecule has 0 unspecified atom stereocenters. The van der Waals surface area contributed by atoms with Gasteiger partial charge in [0.05, 0.1) is 28.7 Å². The highest BCUT2D eigenvalue weighted by Gasteiger charge is 2.39. The minimum Gasteiger partial charge on any atom is -0.493 e. The van der Waals surface area contributed by atoms with E-state index in [1.807, 2.05) is 0 Å². The SMILES string of the molecule is COc1cc(/C=C2\SC(=O)N(CCN3C(=O)c4ccccc4C3=O)C2=O)ccc1OCc1ccc(C(=O)O)cc1. The van der Waals surface area contributed by atoms with Crippen LogP contribution in [-0.2, 0) is 11.4 Å². The van der Waals surface area contributed by atoms with Crippen LogP contribution < -0.4 is 9.47 Å². The molecule has 0 saturated carbocycles. The van der Waals surface area contributed by atoms with Gasteiger partial charge >= 0.3 is 5.97 Å². The van der Waals surface area contributed by atoms with Gasteiger partial charge in [-0.05, 0) is 65.4 Å². The number of carbonyl (C=O) groups is 5. The zero-order valence-electron chi connectivity index (χ0n) is 21.2. The molecule has 2 heterocycles. The summed E-state index contributed by atoms with van der Waals surface area (Å²) < 4.78 is 11.3. The number of rotatable bonds is 9. The molecule has 0 spiro atoms. The largest absolute Gasteiger partial charge is 0.493 e. The van der Waals surface area contributed by atoms with Crippen LogP contribution >= 0.6 is 11.8 Å². The molecule has 0 radical (unpaired) electrons. The lowest BCUT2D eigenvalue weighted by atomic mass is 10.1. The number of methoxy groups -OCH3 is 1. The Balaban J connectivity index is 1.24. The normalized spacial score (nSPS) is 15.7. The van der Waals surface area contributed by atoms with Crippen molar-refractivity contribution in [1.29, 1.82) is 0 Å². The number of ether oxygens (including phenoxy) is 2. The molecule has 3 aromatic rings. The van der Waals surface area contributed by atoms with Crippen LogP contribution in [0.3, 0.4) is 0 Å². The standard InChI is InChI=1S/C29H22N2O8S/c1-38-23-14-18(8-11-22(23)39-16-17-6-9-19(10-7-17)28(35)36)15-24-27(34)31(29(37)40-24)13-12-30-25(32)20-4-2-3-5-21(20)26(30)33/h2-11,14-15H,12-13,16H2,1H3,(H,35,36)/b24-15-. The summed E-state index contributed by atoms with van der Waals surface area (Å²) in [5.74, 6) is -1.58. The Labute approximate surface area is 232 Å². The van der Waals surface area contributed by atoms with Crippen molar-refractivity contribution in [3.63, 3.8) is 0 Å². The van der Waals surface area contributed by atoms with Crippen LogP contribution in [0.1, 0.15) is 42.2 Å². The Morgan fingerprint density at radius 1 is 0.850 bits per heavy atom. The summed E-state index contributed by atoms with van der Waals surface area (Å²) in [6.07, 6.45) is 1.56. The lowest BCUT2D eigenvalue weighted by Crippen LogP contribution is -2.40. The third kappa shape index (κ3) is 5.19. The third-order valence-corrected chi connectivity index (χ3v) is 7.29. The van der Waals surface area contributed by atoms with Crippen molar-refractivity contribution in [2.24, 2.45) is 0 Å². The van der Waals surface area contributed by atoms with Gasteiger partial charge in [-0.1, -0.05) is 30.3 Å². The van der Waals surface area contributed by atoms with Crippen molar-refractivity contribution >= 4 is 46.8 Å². The van der Waals surface area contributed by atoms with Gasteiger partial charge in [-0.25, -0.2) is 4.79 Å². The Bertz CT molecular complexity index is 1550. The van der Waals surface area contributed by atoms with E-state index in [-0.39, 0.29) is 30.2 Å². The number of amides is 4. The summed E-state index contributed by atoms with van der Waals surface area (Å²) in [7, 11) is 1.47. The number of imide groups is 2. The number of hydrogen-bond acceptors (Lipinski definition) is 8. The lowest BCUT2D eigenvalue weighted by Gasteiger charge is -2.18. The molecule has 11 heteroatoms. The van der Waals surface area contributed by atoms with Gasteiger partial charge in [-0.3, -0.25) is 29.0 Å². The van der Waals surface area contributed by atoms with Crippen LogP contribution in [-0.4, -0.2) is 64.0 Å². The van der Waals surface area contributed by atoms with Crippen LogP contribution in [0.15, 0.2) is 71.6 Å². The lowest BCUT2D eigenvalue weighted by molar-refractivity contribution is -0.122. The fraction of sp³-hybridized carbons (Fsp3) is 0.138. The van der Waals surface area contributed by atoms with Crippen molar-refractivity contribution in [2.45, 2.75) is 6.61 Å². The highest BCUT2D eigenvalue weighted by molar-refractivity contribution is 8.18. The molecular weight excluding hydrogens is 536 g/mol. The molecule has 2 aliphatic rings. The Kier molecular flexibility index (Phi) is 7.39. The number of carboxylic acids is 1. The van der Waals surface area contributed by atoms with Crippen molar-refractivity contribution in [3.05, 3.63) is 99.5 Å². The van der Waals surface area contributed by atoms with Crippen LogP contribution in [0.2, 0.25) is 0 Å². The first-order valence-electron chi connectivity index (χ1n) is 12.1. The summed E-state index contributed by atoms with van der Waals surface area (Å²) in [4.78, 5) is 64.0. The van der Waals surface area contributed by atoms with Crippen LogP contribution in [0, 0.1) is 0 Å². The number of carboxylic acid groups (broad SMARTS) is 1. The highest BCUT2D eigenvalue weighted by atomic mass is 32.2. The summed E-state index contributed by atoms with van der Waals surface area (Å²) in [5, 5.41) is 8.53. The topological polar surface area (TPSA) is 131 Å². The third-order valence-electron chi connectivity index (χ3n) is 6.38. The number of hydrogen-bond donors (Lipinski definition) is 1. The zero-order valence-corrected chi connectivity index (χ0v) is 22.0. The second-order valence-corrected chi connectivity index (χ2v) is 9.84. The molecule has 0 bridgehead atoms. The van der Waals surface area contributed by atoms with E-state index in [1.54, 1.807) is 60.7 Å². The molecular formula is C29H22N2O8S. The van der Waals surface area contributed by atoms with Gasteiger partial charge < -0.3 is 14.6 Å². The summed E-state index contributed by atoms with van der Waals surface area (Å²) in [5.41, 5.74) is 2.16. The summed E-state index contributed by atoms with van der Waals surface area (Å²) in [6, 6.07) is 17.8. The number of nitrogens with zero attached hydrogens (tertiary/aromatic N) is 2. The van der Waals surface area contributed by atoms with Gasteiger partial charge in [0.2, 0.25) is 0 Å². The van der Waals surface area contributed by atoms with E-state index in [4.69, 9.17) is 14.6 Å². The second-order valence-electron chi connectivity index (χ2n) is 8.84. The van der Waals surface area contributed by atoms with Crippen LogP contribution in [0.25, 0.3) is 6.08 Å². The van der Waals surface area contributed by atoms with Gasteiger partial charge in [0.1, 0.15) is 6.61 Å². The van der Waals surface area contributed by atoms with Crippen molar-refractivity contribution in [1.82, 2.24) is 9.80 Å². The van der Waals surface area contributed by atoms with Crippen molar-refractivity contribution in [2.75, 3.05) is 20.2 Å². The first kappa shape index (κ1) is 26.7. The second kappa shape index (κ2) is 11.1. The van der Waals surface area contributed by atoms with Gasteiger partial charge in [0, 0.05) is 13.1 Å². The molecule has 5 rings (SSSR count). The van der Waals surface area contributed by atoms with E-state index in [1.165, 1.54) is 19.2 Å². The van der Waals surface area contributed by atoms with Crippen LogP contribution in [0.4, 0.5) is 4.79 Å². The number of thioether (sulfide) groups is 1. The number of benzene rings is 3. The summed E-state index contributed by atoms with van der Waals surface area (Å²) >= 11 is 0.773. The molecule has 3 aromatic carbocycles. The monoisotopic (exact) mass is 558 g/mol. The predicted molar refractivity (Wildman–Crippen MR) is 145 cm³/mol. The molecule has 202 valence electrons. The molecule has 4 amide bonds. The van der Waals surface area contributed by atoms with Gasteiger partial charge in [0.15, 0.2) is 11.5 Å². The maximum Gasteiger partial charge on any atom is 0.335 e. The van der Waals surface area contributed by atoms with Crippen LogP contribution in [0.5, 0.6) is 11.5 Å². The van der Waals surface area contributed by atoms with Gasteiger partial charge in [-0.2, -0.15) is 0 Å². The molecule has 2 aliphatic heterocycles. The molecule has 0 aromatic heterocycles. The minimum atomic E-state index is -1.01. The van der Waals surface area contributed by atoms with Gasteiger partial charge in [0.25, 0.3) is 23.0 Å². The molecule has 0 aliphatic carbocycles. The quantitative estimate of drug-likeness (QED) is 0.302. The van der Waals surface area contributed by atoms with Crippen molar-refractivity contribution in [3.8, 4) is 11.5 Å². The van der Waals surface area contributed by atoms with E-state index < -0.39 is 28.9 Å². The number of fused-ring (bicyclic) bond motifs is 1. The van der Waals surface area contributed by atoms with E-state index in [0.717, 1.165) is 27.1 Å². The Hall–Kier alpha value is -4.90. The molecule has 1 N–H and O–H groups in total. The van der Waals surface area contributed by atoms with E-state index >= 15 is 0 Å². The summed E-state index contributed by atoms with van der Waals surface area (Å²) in [6.45, 7) is -0.0326. The first-order chi connectivity index (χ1) is 19.3. The number of carbonyl (C=O) groups excluding carboxylic acids is 4. The minimum absolute atomic E-state index is 0.101. The fourth-order valence-electron chi connectivity index (χ4n) is 4.28. The van der Waals surface area contributed by atoms with E-state index in [2.05, 4.69) is 0 Å². The molecule has 1 fully saturated rings. The van der Waals surface area contributed by atoms with E-state index in [0.29, 0.717) is 28.2 Å². The predicted octanol–water partition coefficient (Wildman–Crippen LogP) is 4.30. The maximum atomic E-state index is 13.0. The first-order valence-corrected chi connectivity index (χ1v) is 12.9. The molecule has 40 heavy (non-hydrogen) atoms. The fourth-order valence-corrected chi connectivity index (χ4v) is 5.15. The molecule has 0 atom stereocenters.